The molecule has 0 bridgehead atoms. The number of hydrogen-bond donors (Lipinski definition) is 2. The quantitative estimate of drug-likeness (QED) is 0.658. The van der Waals surface area contributed by atoms with Gasteiger partial charge in [-0.2, -0.15) is 0 Å². The van der Waals surface area contributed by atoms with E-state index in [1.54, 1.807) is 13.0 Å². The highest BCUT2D eigenvalue weighted by Crippen LogP contribution is 2.29. The van der Waals surface area contributed by atoms with Crippen LogP contribution in [0.1, 0.15) is 37.6 Å². The van der Waals surface area contributed by atoms with Crippen molar-refractivity contribution in [3.05, 3.63) is 23.8 Å². The van der Waals surface area contributed by atoms with Crippen LogP contribution in [-0.4, -0.2) is 44.3 Å². The van der Waals surface area contributed by atoms with Gasteiger partial charge in [-0.3, -0.25) is 10.1 Å². The molecule has 2 N–H and O–H groups in total. The number of hydrogen-bond acceptors (Lipinski definition) is 6. The van der Waals surface area contributed by atoms with Crippen LogP contribution >= 0.6 is 0 Å². The second-order valence-corrected chi connectivity index (χ2v) is 4.93. The fourth-order valence-corrected chi connectivity index (χ4v) is 1.82. The van der Waals surface area contributed by atoms with E-state index in [2.05, 4.69) is 5.32 Å². The van der Waals surface area contributed by atoms with Crippen LogP contribution in [0, 0.1) is 0 Å². The zero-order chi connectivity index (χ0) is 18.7. The Labute approximate surface area is 146 Å². The average molecular weight is 352 g/mol. The summed E-state index contributed by atoms with van der Waals surface area (Å²) in [6, 6.07) is 4.00. The lowest BCUT2D eigenvalue weighted by Crippen LogP contribution is -2.41. The van der Waals surface area contributed by atoms with E-state index in [-0.39, 0.29) is 5.56 Å². The Morgan fingerprint density at radius 1 is 1.04 bits per heavy atom. The number of carbonyl (C=O) groups excluding carboxylic acids is 3. The summed E-state index contributed by atoms with van der Waals surface area (Å²) in [5, 5.41) is 4.44. The van der Waals surface area contributed by atoms with Crippen molar-refractivity contribution >= 4 is 17.9 Å². The fourth-order valence-electron chi connectivity index (χ4n) is 1.82. The van der Waals surface area contributed by atoms with Crippen molar-refractivity contribution in [2.75, 3.05) is 26.4 Å². The van der Waals surface area contributed by atoms with E-state index in [0.29, 0.717) is 31.3 Å². The van der Waals surface area contributed by atoms with Crippen LogP contribution in [0.3, 0.4) is 0 Å². The molecule has 0 aliphatic rings. The molecule has 0 spiro atoms. The lowest BCUT2D eigenvalue weighted by atomic mass is 10.2. The van der Waals surface area contributed by atoms with Crippen LogP contribution in [0.25, 0.3) is 0 Å². The second-order valence-electron chi connectivity index (χ2n) is 4.93. The number of ether oxygens (including phenoxy) is 3. The first-order chi connectivity index (χ1) is 12.0. The number of amides is 3. The van der Waals surface area contributed by atoms with Crippen molar-refractivity contribution in [1.29, 1.82) is 0 Å². The summed E-state index contributed by atoms with van der Waals surface area (Å²) >= 11 is 0. The molecule has 0 unspecified atom stereocenters. The van der Waals surface area contributed by atoms with E-state index in [9.17, 15) is 14.4 Å². The average Bonchev–Trinajstić information content (AvgIpc) is 2.59. The third-order valence-electron chi connectivity index (χ3n) is 2.87. The predicted octanol–water partition coefficient (Wildman–Crippen LogP) is 1.88. The summed E-state index contributed by atoms with van der Waals surface area (Å²) < 4.78 is 15.9. The third-order valence-corrected chi connectivity index (χ3v) is 2.87. The van der Waals surface area contributed by atoms with E-state index in [1.165, 1.54) is 12.1 Å². The molecule has 1 aromatic carbocycles. The highest BCUT2D eigenvalue weighted by Gasteiger charge is 2.15. The normalized spacial score (nSPS) is 9.88. The number of carbonyl (C=O) groups is 3. The number of rotatable bonds is 9. The van der Waals surface area contributed by atoms with Crippen LogP contribution in [-0.2, 0) is 9.53 Å². The Morgan fingerprint density at radius 2 is 1.80 bits per heavy atom. The van der Waals surface area contributed by atoms with Gasteiger partial charge in [-0.25, -0.2) is 9.59 Å². The number of urea groups is 1. The Morgan fingerprint density at radius 3 is 2.44 bits per heavy atom. The van der Waals surface area contributed by atoms with Crippen LogP contribution < -0.4 is 20.1 Å². The van der Waals surface area contributed by atoms with Gasteiger partial charge < -0.3 is 19.5 Å². The maximum atomic E-state index is 12.0. The minimum Gasteiger partial charge on any atom is -0.490 e. The van der Waals surface area contributed by atoms with Gasteiger partial charge in [-0.15, -0.1) is 0 Å². The molecule has 138 valence electrons. The summed E-state index contributed by atoms with van der Waals surface area (Å²) in [4.78, 5) is 34.7. The summed E-state index contributed by atoms with van der Waals surface area (Å²) in [7, 11) is 0. The number of nitrogens with one attached hydrogen (secondary N) is 2. The minimum atomic E-state index is -0.716. The van der Waals surface area contributed by atoms with Crippen molar-refractivity contribution in [3.63, 3.8) is 0 Å². The van der Waals surface area contributed by atoms with Gasteiger partial charge in [0.15, 0.2) is 18.1 Å². The smallest absolute Gasteiger partial charge is 0.338 e. The lowest BCUT2D eigenvalue weighted by molar-refractivity contribution is -0.123. The fraction of sp³-hybridized carbons (Fsp3) is 0.471. The van der Waals surface area contributed by atoms with E-state index in [0.717, 1.165) is 6.42 Å². The topological polar surface area (TPSA) is 103 Å². The molecule has 0 fully saturated rings. The van der Waals surface area contributed by atoms with Gasteiger partial charge in [0.25, 0.3) is 5.91 Å². The first-order valence-electron chi connectivity index (χ1n) is 8.16. The van der Waals surface area contributed by atoms with E-state index >= 15 is 0 Å². The van der Waals surface area contributed by atoms with Crippen LogP contribution in [0.5, 0.6) is 11.5 Å². The SMILES string of the molecule is CCCOc1ccc(C(=O)OCC(=O)NC(=O)NCC)cc1OCC. The van der Waals surface area contributed by atoms with Crippen LogP contribution in [0.15, 0.2) is 18.2 Å². The molecule has 8 heteroatoms. The molecule has 25 heavy (non-hydrogen) atoms. The Kier molecular flexibility index (Phi) is 8.84. The maximum Gasteiger partial charge on any atom is 0.338 e. The van der Waals surface area contributed by atoms with Gasteiger partial charge in [-0.1, -0.05) is 6.92 Å². The molecule has 0 heterocycles. The Balaban J connectivity index is 2.66. The van der Waals surface area contributed by atoms with Gasteiger partial charge >= 0.3 is 12.0 Å². The summed E-state index contributed by atoms with van der Waals surface area (Å²) in [5.41, 5.74) is 0.220. The first-order valence-corrected chi connectivity index (χ1v) is 8.16. The minimum absolute atomic E-state index is 0.220. The molecular formula is C17H24N2O6. The molecular weight excluding hydrogens is 328 g/mol. The molecule has 8 nitrogen and oxygen atoms in total. The van der Waals surface area contributed by atoms with Crippen LogP contribution in [0.2, 0.25) is 0 Å². The van der Waals surface area contributed by atoms with Crippen molar-refractivity contribution in [3.8, 4) is 11.5 Å². The maximum absolute atomic E-state index is 12.0. The molecule has 0 aliphatic heterocycles. The first kappa shape index (κ1) is 20.3. The molecule has 0 saturated carbocycles. The Bertz CT molecular complexity index is 603. The molecule has 1 aromatic rings. The zero-order valence-corrected chi connectivity index (χ0v) is 14.7. The van der Waals surface area contributed by atoms with Crippen LogP contribution in [0.4, 0.5) is 4.79 Å². The summed E-state index contributed by atoms with van der Waals surface area (Å²) in [6.45, 7) is 6.28. The Hall–Kier alpha value is -2.77. The zero-order valence-electron chi connectivity index (χ0n) is 14.7. The largest absolute Gasteiger partial charge is 0.490 e. The molecule has 0 aromatic heterocycles. The molecule has 1 rings (SSSR count). The number of imide groups is 1. The summed E-state index contributed by atoms with van der Waals surface area (Å²) in [6.07, 6.45) is 0.843. The van der Waals surface area contributed by atoms with Crippen molar-refractivity contribution in [1.82, 2.24) is 10.6 Å². The highest BCUT2D eigenvalue weighted by atomic mass is 16.5. The molecule has 0 saturated heterocycles. The molecule has 0 atom stereocenters. The van der Waals surface area contributed by atoms with Gasteiger partial charge in [-0.05, 0) is 38.5 Å². The van der Waals surface area contributed by atoms with Gasteiger partial charge in [0.05, 0.1) is 18.8 Å². The standard InChI is InChI=1S/C17H24N2O6/c1-4-9-24-13-8-7-12(10-14(13)23-6-3)16(21)25-11-15(20)19-17(22)18-5-2/h7-8,10H,4-6,9,11H2,1-3H3,(H2,18,19,20,22). The van der Waals surface area contributed by atoms with Crippen molar-refractivity contribution < 1.29 is 28.6 Å². The number of esters is 1. The monoisotopic (exact) mass is 352 g/mol. The van der Waals surface area contributed by atoms with Gasteiger partial charge in [0.1, 0.15) is 0 Å². The van der Waals surface area contributed by atoms with Crippen molar-refractivity contribution in [2.45, 2.75) is 27.2 Å². The molecule has 0 radical (unpaired) electrons. The number of benzene rings is 1. The molecule has 0 aliphatic carbocycles. The molecule has 3 amide bonds. The van der Waals surface area contributed by atoms with Crippen molar-refractivity contribution in [2.24, 2.45) is 0 Å². The lowest BCUT2D eigenvalue weighted by Gasteiger charge is -2.12. The van der Waals surface area contributed by atoms with Gasteiger partial charge in [0.2, 0.25) is 0 Å². The van der Waals surface area contributed by atoms with Gasteiger partial charge in [0, 0.05) is 6.54 Å². The third kappa shape index (κ3) is 7.11. The highest BCUT2D eigenvalue weighted by molar-refractivity contribution is 5.97. The second kappa shape index (κ2) is 10.9. The predicted molar refractivity (Wildman–Crippen MR) is 90.9 cm³/mol. The van der Waals surface area contributed by atoms with E-state index in [4.69, 9.17) is 14.2 Å². The van der Waals surface area contributed by atoms with E-state index in [1.807, 2.05) is 19.2 Å². The van der Waals surface area contributed by atoms with E-state index < -0.39 is 24.5 Å². The summed E-state index contributed by atoms with van der Waals surface area (Å²) in [5.74, 6) is -0.451.